The number of carbonyl (C=O) groups is 2. The number of amides is 1. The van der Waals surface area contributed by atoms with Crippen molar-refractivity contribution in [2.75, 3.05) is 12.4 Å². The topological polar surface area (TPSA) is 185 Å². The second kappa shape index (κ2) is 12.7. The molecule has 13 nitrogen and oxygen atoms in total. The molecule has 0 radical (unpaired) electrons. The molecule has 1 aromatic heterocycles. The van der Waals surface area contributed by atoms with Crippen molar-refractivity contribution in [3.8, 4) is 5.75 Å². The van der Waals surface area contributed by atoms with Gasteiger partial charge in [-0.3, -0.25) is 19.0 Å². The summed E-state index contributed by atoms with van der Waals surface area (Å²) in [6.07, 6.45) is -0.299. The zero-order valence-electron chi connectivity index (χ0n) is 20.6. The van der Waals surface area contributed by atoms with E-state index in [9.17, 15) is 19.3 Å². The number of hydrogen-bond donors (Lipinski definition) is 3. The fraction of sp³-hybridized carbons (Fsp3) is 0.250. The molecule has 3 rings (SSSR count). The molecular weight excluding hydrogens is 518 g/mol. The first-order valence-electron chi connectivity index (χ1n) is 11.4. The number of aromatic nitrogens is 2. The van der Waals surface area contributed by atoms with Gasteiger partial charge in [0.1, 0.15) is 5.75 Å². The van der Waals surface area contributed by atoms with Gasteiger partial charge >= 0.3 is 5.97 Å². The molecule has 0 aliphatic rings. The molecular formula is C24H26ClN7O6. The number of hydrogen-bond acceptors (Lipinski definition) is 10. The normalized spacial score (nSPS) is 11.3. The van der Waals surface area contributed by atoms with Gasteiger partial charge in [-0.2, -0.15) is 5.90 Å². The maximum absolute atomic E-state index is 13.6. The number of nitrogens with one attached hydrogen (secondary N) is 1. The molecule has 0 saturated heterocycles. The van der Waals surface area contributed by atoms with Crippen LogP contribution in [0, 0.1) is 4.91 Å². The van der Waals surface area contributed by atoms with Crippen LogP contribution >= 0.6 is 11.6 Å². The molecule has 0 saturated carbocycles. The van der Waals surface area contributed by atoms with Gasteiger partial charge < -0.3 is 20.7 Å². The lowest BCUT2D eigenvalue weighted by Crippen LogP contribution is -2.47. The second-order valence-corrected chi connectivity index (χ2v) is 8.68. The second-order valence-electron chi connectivity index (χ2n) is 8.25. The van der Waals surface area contributed by atoms with Crippen LogP contribution in [0.5, 0.6) is 5.75 Å². The largest absolute Gasteiger partial charge is 0.491 e. The van der Waals surface area contributed by atoms with Crippen LogP contribution in [0.2, 0.25) is 5.02 Å². The molecule has 14 heteroatoms. The molecule has 3 aromatic rings. The van der Waals surface area contributed by atoms with Crippen LogP contribution in [0.4, 0.5) is 11.5 Å². The molecule has 0 spiro atoms. The number of halogens is 1. The summed E-state index contributed by atoms with van der Waals surface area (Å²) in [5, 5.41) is 5.67. The molecule has 5 N–H and O–H groups in total. The Morgan fingerprint density at radius 2 is 1.76 bits per heavy atom. The fourth-order valence-electron chi connectivity index (χ4n) is 3.40. The molecule has 38 heavy (non-hydrogen) atoms. The van der Waals surface area contributed by atoms with Crippen molar-refractivity contribution in [3.63, 3.8) is 0 Å². The highest BCUT2D eigenvalue weighted by molar-refractivity contribution is 6.30. The highest BCUT2D eigenvalue weighted by atomic mass is 35.5. The standard InChI is InChI=1S/C24H26ClN7O6/c1-14(2)37-18-9-7-17(8-10-18)29-24-31(13-15-3-5-16(25)6-4-15)23(35)20(21(30-36)32(24)26)22(34)28-12-11-19(33)38-27/h3-10,14H,11-13,26-27H2,1-2H3,(H,28,34)/b29-24-. The first-order chi connectivity index (χ1) is 18.1. The third-order valence-electron chi connectivity index (χ3n) is 5.12. The van der Waals surface area contributed by atoms with Crippen molar-refractivity contribution >= 4 is 35.0 Å². The minimum absolute atomic E-state index is 0.0330. The summed E-state index contributed by atoms with van der Waals surface area (Å²) in [7, 11) is 0. The molecule has 0 fully saturated rings. The number of nitroso groups, excluding NO2 is 1. The van der Waals surface area contributed by atoms with E-state index in [0.29, 0.717) is 22.0 Å². The first-order valence-corrected chi connectivity index (χ1v) is 11.7. The van der Waals surface area contributed by atoms with E-state index in [0.717, 1.165) is 9.24 Å². The maximum atomic E-state index is 13.6. The van der Waals surface area contributed by atoms with E-state index in [4.69, 9.17) is 28.1 Å². The van der Waals surface area contributed by atoms with Gasteiger partial charge in [0.05, 0.1) is 24.8 Å². The number of nitrogens with two attached hydrogens (primary N) is 2. The highest BCUT2D eigenvalue weighted by Gasteiger charge is 2.24. The summed E-state index contributed by atoms with van der Waals surface area (Å²) in [5.41, 5.74) is -0.636. The van der Waals surface area contributed by atoms with Gasteiger partial charge in [-0.25, -0.2) is 9.67 Å². The van der Waals surface area contributed by atoms with Crippen LogP contribution in [0.3, 0.4) is 0 Å². The van der Waals surface area contributed by atoms with E-state index in [-0.39, 0.29) is 31.2 Å². The summed E-state index contributed by atoms with van der Waals surface area (Å²) in [6, 6.07) is 13.3. The van der Waals surface area contributed by atoms with Crippen molar-refractivity contribution in [2.24, 2.45) is 16.1 Å². The maximum Gasteiger partial charge on any atom is 0.326 e. The zero-order valence-corrected chi connectivity index (χ0v) is 21.3. The summed E-state index contributed by atoms with van der Waals surface area (Å²) >= 11 is 5.98. The lowest BCUT2D eigenvalue weighted by Gasteiger charge is -2.15. The average molecular weight is 544 g/mol. The lowest BCUT2D eigenvalue weighted by atomic mass is 10.2. The lowest BCUT2D eigenvalue weighted by molar-refractivity contribution is -0.144. The van der Waals surface area contributed by atoms with Gasteiger partial charge in [-0.1, -0.05) is 23.7 Å². The SMILES string of the molecule is CC(C)Oc1ccc(/N=c2\n(N)c(N=O)c(C(=O)NCCC(=O)ON)c(=O)n2Cc2ccc(Cl)cc2)cc1. The van der Waals surface area contributed by atoms with Crippen LogP contribution in [-0.4, -0.2) is 33.8 Å². The number of carbonyl (C=O) groups excluding carboxylic acids is 2. The van der Waals surface area contributed by atoms with Gasteiger partial charge in [-0.05, 0) is 61.0 Å². The minimum atomic E-state index is -0.972. The van der Waals surface area contributed by atoms with E-state index >= 15 is 0 Å². The Kier molecular flexibility index (Phi) is 9.35. The van der Waals surface area contributed by atoms with E-state index in [1.165, 1.54) is 0 Å². The monoisotopic (exact) mass is 543 g/mol. The molecule has 200 valence electrons. The molecule has 1 heterocycles. The van der Waals surface area contributed by atoms with E-state index in [1.807, 2.05) is 13.8 Å². The molecule has 2 aromatic carbocycles. The van der Waals surface area contributed by atoms with Crippen molar-refractivity contribution in [3.05, 3.63) is 85.6 Å². The average Bonchev–Trinajstić information content (AvgIpc) is 2.89. The summed E-state index contributed by atoms with van der Waals surface area (Å²) in [4.78, 5) is 57.9. The van der Waals surface area contributed by atoms with Crippen molar-refractivity contribution in [2.45, 2.75) is 32.9 Å². The van der Waals surface area contributed by atoms with Gasteiger partial charge in [-0.15, -0.1) is 4.91 Å². The zero-order chi connectivity index (χ0) is 27.8. The van der Waals surface area contributed by atoms with Crippen LogP contribution < -0.4 is 33.0 Å². The van der Waals surface area contributed by atoms with Crippen molar-refractivity contribution < 1.29 is 19.2 Å². The Hall–Kier alpha value is -4.49. The van der Waals surface area contributed by atoms with Gasteiger partial charge in [0, 0.05) is 11.6 Å². The third kappa shape index (κ3) is 6.83. The number of nitrogens with zero attached hydrogens (tertiary/aromatic N) is 4. The van der Waals surface area contributed by atoms with Gasteiger partial charge in [0.25, 0.3) is 11.5 Å². The predicted octanol–water partition coefficient (Wildman–Crippen LogP) is 2.02. The molecule has 0 bridgehead atoms. The smallest absolute Gasteiger partial charge is 0.326 e. The van der Waals surface area contributed by atoms with Crippen LogP contribution in [-0.2, 0) is 16.2 Å². The number of benzene rings is 2. The molecule has 1 amide bonds. The van der Waals surface area contributed by atoms with Crippen LogP contribution in [0.1, 0.15) is 36.2 Å². The summed E-state index contributed by atoms with van der Waals surface area (Å²) in [5.74, 6) is 9.16. The highest BCUT2D eigenvalue weighted by Crippen LogP contribution is 2.19. The van der Waals surface area contributed by atoms with Gasteiger partial charge in [0.15, 0.2) is 5.56 Å². The third-order valence-corrected chi connectivity index (χ3v) is 5.37. The predicted molar refractivity (Wildman–Crippen MR) is 140 cm³/mol. The van der Waals surface area contributed by atoms with E-state index in [1.54, 1.807) is 48.5 Å². The molecule has 0 unspecified atom stereocenters. The van der Waals surface area contributed by atoms with Crippen molar-refractivity contribution in [1.82, 2.24) is 14.6 Å². The van der Waals surface area contributed by atoms with E-state index in [2.05, 4.69) is 20.3 Å². The first kappa shape index (κ1) is 28.1. The molecule has 0 aliphatic heterocycles. The Bertz CT molecular complexity index is 1450. The van der Waals surface area contributed by atoms with E-state index < -0.39 is 28.8 Å². The quantitative estimate of drug-likeness (QED) is 0.197. The van der Waals surface area contributed by atoms with Crippen LogP contribution in [0.15, 0.2) is 63.5 Å². The summed E-state index contributed by atoms with van der Waals surface area (Å²) < 4.78 is 7.51. The minimum Gasteiger partial charge on any atom is -0.491 e. The van der Waals surface area contributed by atoms with Crippen molar-refractivity contribution in [1.29, 1.82) is 0 Å². The Morgan fingerprint density at radius 3 is 2.34 bits per heavy atom. The number of ether oxygens (including phenoxy) is 1. The Balaban J connectivity index is 2.17. The van der Waals surface area contributed by atoms with Gasteiger partial charge in [0.2, 0.25) is 11.4 Å². The molecule has 0 atom stereocenters. The molecule has 0 aliphatic carbocycles. The Morgan fingerprint density at radius 1 is 1.11 bits per heavy atom. The van der Waals surface area contributed by atoms with Crippen LogP contribution in [0.25, 0.3) is 0 Å². The number of rotatable bonds is 10. The Labute approximate surface area is 221 Å². The summed E-state index contributed by atoms with van der Waals surface area (Å²) in [6.45, 7) is 3.49. The fourth-order valence-corrected chi connectivity index (χ4v) is 3.52. The number of nitrogen functional groups attached to an aromatic ring is 1.